The fourth-order valence-corrected chi connectivity index (χ4v) is 1.69. The second-order valence-electron chi connectivity index (χ2n) is 3.30. The Hall–Kier alpha value is -1.37. The molecule has 0 aliphatic rings. The van der Waals surface area contributed by atoms with E-state index in [9.17, 15) is 14.9 Å². The molecular formula is C10H10Cl2N2O4. The number of nitrogens with one attached hydrogen (secondary N) is 1. The van der Waals surface area contributed by atoms with E-state index in [1.54, 1.807) is 0 Å². The molecular weight excluding hydrogens is 283 g/mol. The van der Waals surface area contributed by atoms with E-state index in [4.69, 9.17) is 23.2 Å². The lowest BCUT2D eigenvalue weighted by atomic mass is 10.2. The predicted molar refractivity (Wildman–Crippen MR) is 66.8 cm³/mol. The molecule has 98 valence electrons. The van der Waals surface area contributed by atoms with Gasteiger partial charge >= 0.3 is 5.97 Å². The van der Waals surface area contributed by atoms with Gasteiger partial charge in [0.2, 0.25) is 0 Å². The summed E-state index contributed by atoms with van der Waals surface area (Å²) in [5.41, 5.74) is 0.0832. The van der Waals surface area contributed by atoms with E-state index >= 15 is 0 Å². The van der Waals surface area contributed by atoms with Crippen molar-refractivity contribution in [3.8, 4) is 0 Å². The average molecular weight is 293 g/mol. The van der Waals surface area contributed by atoms with Crippen LogP contribution in [0, 0.1) is 10.1 Å². The van der Waals surface area contributed by atoms with Crippen molar-refractivity contribution in [3.05, 3.63) is 37.9 Å². The van der Waals surface area contributed by atoms with Crippen LogP contribution >= 0.6 is 23.2 Å². The zero-order chi connectivity index (χ0) is 13.7. The van der Waals surface area contributed by atoms with Gasteiger partial charge in [0.05, 0.1) is 34.2 Å². The Bertz CT molecular complexity index is 479. The van der Waals surface area contributed by atoms with E-state index in [0.717, 1.165) is 0 Å². The third-order valence-electron chi connectivity index (χ3n) is 2.17. The minimum Gasteiger partial charge on any atom is -0.468 e. The van der Waals surface area contributed by atoms with Crippen molar-refractivity contribution >= 4 is 34.9 Å². The highest BCUT2D eigenvalue weighted by Gasteiger charge is 2.19. The minimum atomic E-state index is -0.558. The van der Waals surface area contributed by atoms with Crippen LogP contribution in [0.1, 0.15) is 5.56 Å². The number of halogens is 2. The van der Waals surface area contributed by atoms with Crippen LogP contribution in [0.15, 0.2) is 12.1 Å². The van der Waals surface area contributed by atoms with Crippen LogP contribution < -0.4 is 5.32 Å². The van der Waals surface area contributed by atoms with Crippen LogP contribution in [0.25, 0.3) is 0 Å². The first-order valence-corrected chi connectivity index (χ1v) is 5.61. The molecule has 0 aliphatic heterocycles. The predicted octanol–water partition coefficient (Wildman–Crippen LogP) is 2.16. The molecule has 0 spiro atoms. The molecule has 0 heterocycles. The first-order valence-electron chi connectivity index (χ1n) is 4.86. The summed E-state index contributed by atoms with van der Waals surface area (Å²) in [6.45, 7) is -0.0265. The number of carbonyl (C=O) groups is 1. The fraction of sp³-hybridized carbons (Fsp3) is 0.300. The number of hydrogen-bond acceptors (Lipinski definition) is 5. The Morgan fingerprint density at radius 2 is 2.17 bits per heavy atom. The molecule has 0 aliphatic carbocycles. The molecule has 1 aromatic rings. The number of nitro groups is 1. The van der Waals surface area contributed by atoms with Crippen LogP contribution in [-0.2, 0) is 16.1 Å². The number of hydrogen-bond donors (Lipinski definition) is 1. The molecule has 1 aromatic carbocycles. The van der Waals surface area contributed by atoms with Crippen LogP contribution in [0.5, 0.6) is 0 Å². The third-order valence-corrected chi connectivity index (χ3v) is 3.01. The summed E-state index contributed by atoms with van der Waals surface area (Å²) < 4.78 is 4.43. The maximum absolute atomic E-state index is 10.9. The first kappa shape index (κ1) is 14.7. The summed E-state index contributed by atoms with van der Waals surface area (Å²) in [6.07, 6.45) is 0. The monoisotopic (exact) mass is 292 g/mol. The molecule has 0 fully saturated rings. The van der Waals surface area contributed by atoms with Crippen molar-refractivity contribution in [3.63, 3.8) is 0 Å². The fourth-order valence-electron chi connectivity index (χ4n) is 1.28. The highest BCUT2D eigenvalue weighted by atomic mass is 35.5. The Morgan fingerprint density at radius 1 is 1.50 bits per heavy atom. The maximum Gasteiger partial charge on any atom is 0.319 e. The average Bonchev–Trinajstić information content (AvgIpc) is 2.33. The zero-order valence-electron chi connectivity index (χ0n) is 9.41. The topological polar surface area (TPSA) is 81.5 Å². The number of nitro benzene ring substituents is 1. The van der Waals surface area contributed by atoms with Gasteiger partial charge in [-0.3, -0.25) is 14.9 Å². The maximum atomic E-state index is 10.9. The highest BCUT2D eigenvalue weighted by Crippen LogP contribution is 2.32. The number of carbonyl (C=O) groups excluding carboxylic acids is 1. The van der Waals surface area contributed by atoms with Crippen LogP contribution in [-0.4, -0.2) is 24.5 Å². The molecule has 8 heteroatoms. The van der Waals surface area contributed by atoms with E-state index in [1.807, 2.05) is 0 Å². The summed E-state index contributed by atoms with van der Waals surface area (Å²) in [6, 6.07) is 2.62. The normalized spacial score (nSPS) is 10.2. The molecule has 0 radical (unpaired) electrons. The van der Waals surface area contributed by atoms with Crippen molar-refractivity contribution < 1.29 is 14.5 Å². The largest absolute Gasteiger partial charge is 0.468 e. The van der Waals surface area contributed by atoms with Gasteiger partial charge in [-0.1, -0.05) is 23.2 Å². The summed E-state index contributed by atoms with van der Waals surface area (Å²) in [4.78, 5) is 21.2. The molecule has 0 unspecified atom stereocenters. The standard InChI is InChI=1S/C10H10Cl2N2O4/c1-18-9(15)5-13-4-6-8(14(16)17)3-2-7(11)10(6)12/h2-3,13H,4-5H2,1H3. The van der Waals surface area contributed by atoms with Gasteiger partial charge in [-0.2, -0.15) is 0 Å². The molecule has 0 saturated carbocycles. The van der Waals surface area contributed by atoms with Crippen molar-refractivity contribution in [1.82, 2.24) is 5.32 Å². The van der Waals surface area contributed by atoms with E-state index in [2.05, 4.69) is 10.1 Å². The van der Waals surface area contributed by atoms with Crippen molar-refractivity contribution in [1.29, 1.82) is 0 Å². The van der Waals surface area contributed by atoms with E-state index < -0.39 is 10.9 Å². The first-order chi connectivity index (χ1) is 8.47. The molecule has 0 saturated heterocycles. The number of ether oxygens (including phenoxy) is 1. The van der Waals surface area contributed by atoms with Gasteiger partial charge in [0.1, 0.15) is 0 Å². The summed E-state index contributed by atoms with van der Waals surface area (Å²) >= 11 is 11.7. The van der Waals surface area contributed by atoms with Crippen molar-refractivity contribution in [2.24, 2.45) is 0 Å². The number of rotatable bonds is 5. The third kappa shape index (κ3) is 3.56. The molecule has 0 aromatic heterocycles. The smallest absolute Gasteiger partial charge is 0.319 e. The molecule has 1 rings (SSSR count). The molecule has 1 N–H and O–H groups in total. The molecule has 0 bridgehead atoms. The minimum absolute atomic E-state index is 0.0464. The van der Waals surface area contributed by atoms with E-state index in [-0.39, 0.29) is 34.4 Å². The van der Waals surface area contributed by atoms with Gasteiger partial charge < -0.3 is 10.1 Å². The molecule has 0 amide bonds. The Labute approximate surface area is 113 Å². The van der Waals surface area contributed by atoms with Crippen LogP contribution in [0.3, 0.4) is 0 Å². The van der Waals surface area contributed by atoms with Crippen LogP contribution in [0.4, 0.5) is 5.69 Å². The second kappa shape index (κ2) is 6.53. The van der Waals surface area contributed by atoms with Crippen molar-refractivity contribution in [2.75, 3.05) is 13.7 Å². The SMILES string of the molecule is COC(=O)CNCc1c([N+](=O)[O-])ccc(Cl)c1Cl. The number of nitrogens with zero attached hydrogens (tertiary/aromatic N) is 1. The number of methoxy groups -OCH3 is 1. The summed E-state index contributed by atoms with van der Waals surface area (Å²) in [5, 5.41) is 13.8. The van der Waals surface area contributed by atoms with E-state index in [1.165, 1.54) is 19.2 Å². The summed E-state index contributed by atoms with van der Waals surface area (Å²) in [5.74, 6) is -0.476. The molecule has 18 heavy (non-hydrogen) atoms. The van der Waals surface area contributed by atoms with Crippen LogP contribution in [0.2, 0.25) is 10.0 Å². The second-order valence-corrected chi connectivity index (χ2v) is 4.08. The van der Waals surface area contributed by atoms with E-state index in [0.29, 0.717) is 0 Å². The lowest BCUT2D eigenvalue weighted by molar-refractivity contribution is -0.385. The Kier molecular flexibility index (Phi) is 5.33. The Morgan fingerprint density at radius 3 is 2.72 bits per heavy atom. The number of benzene rings is 1. The Balaban J connectivity index is 2.89. The lowest BCUT2D eigenvalue weighted by Crippen LogP contribution is -2.24. The lowest BCUT2D eigenvalue weighted by Gasteiger charge is -2.07. The highest BCUT2D eigenvalue weighted by molar-refractivity contribution is 6.42. The summed E-state index contributed by atoms with van der Waals surface area (Å²) in [7, 11) is 1.25. The quantitative estimate of drug-likeness (QED) is 0.511. The van der Waals surface area contributed by atoms with Gasteiger partial charge in [-0.25, -0.2) is 0 Å². The van der Waals surface area contributed by atoms with Gasteiger partial charge in [0.15, 0.2) is 0 Å². The van der Waals surface area contributed by atoms with Gasteiger partial charge in [-0.15, -0.1) is 0 Å². The van der Waals surface area contributed by atoms with Gasteiger partial charge in [0.25, 0.3) is 5.69 Å². The molecule has 0 atom stereocenters. The zero-order valence-corrected chi connectivity index (χ0v) is 10.9. The molecule has 6 nitrogen and oxygen atoms in total. The van der Waals surface area contributed by atoms with Gasteiger partial charge in [-0.05, 0) is 6.07 Å². The number of esters is 1. The van der Waals surface area contributed by atoms with Gasteiger partial charge in [0, 0.05) is 12.6 Å². The van der Waals surface area contributed by atoms with Crippen molar-refractivity contribution in [2.45, 2.75) is 6.54 Å².